The van der Waals surface area contributed by atoms with Crippen molar-refractivity contribution < 1.29 is 14.1 Å². The van der Waals surface area contributed by atoms with Gasteiger partial charge in [0.2, 0.25) is 0 Å². The summed E-state index contributed by atoms with van der Waals surface area (Å²) in [6.07, 6.45) is 0. The predicted molar refractivity (Wildman–Crippen MR) is 79.9 cm³/mol. The Labute approximate surface area is 128 Å². The molecule has 0 fully saturated rings. The van der Waals surface area contributed by atoms with Crippen LogP contribution in [0.15, 0.2) is 40.9 Å². The highest BCUT2D eigenvalue weighted by Gasteiger charge is 2.15. The standard InChI is InChI=1S/C14H10BrFN2O3/c1-8-2-3-12(15)13(4-8)17-14(19)9-5-10(16)7-11(6-9)18(20)21/h2-7H,1H3,(H,17,19). The van der Waals surface area contributed by atoms with Crippen LogP contribution in [-0.4, -0.2) is 10.8 Å². The third-order valence-electron chi connectivity index (χ3n) is 2.73. The summed E-state index contributed by atoms with van der Waals surface area (Å²) in [6.45, 7) is 1.86. The quantitative estimate of drug-likeness (QED) is 0.668. The second-order valence-electron chi connectivity index (χ2n) is 4.39. The average molecular weight is 353 g/mol. The van der Waals surface area contributed by atoms with Crippen LogP contribution in [0.25, 0.3) is 0 Å². The van der Waals surface area contributed by atoms with Gasteiger partial charge in [0.05, 0.1) is 16.7 Å². The van der Waals surface area contributed by atoms with E-state index in [2.05, 4.69) is 21.2 Å². The third kappa shape index (κ3) is 3.63. The molecule has 0 heterocycles. The van der Waals surface area contributed by atoms with Gasteiger partial charge in [-0.1, -0.05) is 6.07 Å². The normalized spacial score (nSPS) is 10.2. The first-order valence-electron chi connectivity index (χ1n) is 5.89. The summed E-state index contributed by atoms with van der Waals surface area (Å²) in [7, 11) is 0. The Balaban J connectivity index is 2.32. The molecule has 1 amide bonds. The zero-order chi connectivity index (χ0) is 15.6. The molecule has 7 heteroatoms. The van der Waals surface area contributed by atoms with Crippen LogP contribution >= 0.6 is 15.9 Å². The number of amides is 1. The first-order chi connectivity index (χ1) is 9.86. The summed E-state index contributed by atoms with van der Waals surface area (Å²) in [5.41, 5.74) is 0.851. The van der Waals surface area contributed by atoms with E-state index in [-0.39, 0.29) is 5.56 Å². The number of rotatable bonds is 3. The van der Waals surface area contributed by atoms with E-state index in [1.165, 1.54) is 0 Å². The number of anilines is 1. The maximum atomic E-state index is 13.3. The van der Waals surface area contributed by atoms with E-state index in [4.69, 9.17) is 0 Å². The van der Waals surface area contributed by atoms with Crippen molar-refractivity contribution in [3.8, 4) is 0 Å². The van der Waals surface area contributed by atoms with Crippen LogP contribution in [0.2, 0.25) is 0 Å². The molecular weight excluding hydrogens is 343 g/mol. The summed E-state index contributed by atoms with van der Waals surface area (Å²) < 4.78 is 14.0. The predicted octanol–water partition coefficient (Wildman–Crippen LogP) is 4.06. The summed E-state index contributed by atoms with van der Waals surface area (Å²) in [4.78, 5) is 22.0. The van der Waals surface area contributed by atoms with E-state index in [0.29, 0.717) is 10.2 Å². The second kappa shape index (κ2) is 6.01. The molecule has 5 nitrogen and oxygen atoms in total. The van der Waals surface area contributed by atoms with Gasteiger partial charge in [-0.15, -0.1) is 0 Å². The van der Waals surface area contributed by atoms with E-state index >= 15 is 0 Å². The maximum Gasteiger partial charge on any atom is 0.273 e. The number of carbonyl (C=O) groups is 1. The number of carbonyl (C=O) groups excluding carboxylic acids is 1. The molecule has 0 saturated carbocycles. The van der Waals surface area contributed by atoms with Gasteiger partial charge in [-0.05, 0) is 46.6 Å². The lowest BCUT2D eigenvalue weighted by atomic mass is 10.1. The summed E-state index contributed by atoms with van der Waals surface area (Å²) in [6, 6.07) is 8.09. The first-order valence-corrected chi connectivity index (χ1v) is 6.68. The van der Waals surface area contributed by atoms with E-state index < -0.39 is 22.3 Å². The highest BCUT2D eigenvalue weighted by Crippen LogP contribution is 2.24. The number of benzene rings is 2. The lowest BCUT2D eigenvalue weighted by Gasteiger charge is -2.08. The van der Waals surface area contributed by atoms with Crippen LogP contribution in [0.4, 0.5) is 15.8 Å². The van der Waals surface area contributed by atoms with Crippen LogP contribution in [0, 0.1) is 22.9 Å². The van der Waals surface area contributed by atoms with Gasteiger partial charge >= 0.3 is 0 Å². The molecule has 21 heavy (non-hydrogen) atoms. The van der Waals surface area contributed by atoms with Gasteiger partial charge in [-0.3, -0.25) is 14.9 Å². The molecule has 0 aliphatic heterocycles. The Morgan fingerprint density at radius 2 is 2.00 bits per heavy atom. The van der Waals surface area contributed by atoms with Gasteiger partial charge in [-0.25, -0.2) is 4.39 Å². The molecule has 0 spiro atoms. The van der Waals surface area contributed by atoms with Gasteiger partial charge < -0.3 is 5.32 Å². The molecule has 0 bridgehead atoms. The number of nitro benzene ring substituents is 1. The molecule has 1 N–H and O–H groups in total. The van der Waals surface area contributed by atoms with Gasteiger partial charge in [0, 0.05) is 16.1 Å². The molecule has 2 rings (SSSR count). The number of hydrogen-bond donors (Lipinski definition) is 1. The van der Waals surface area contributed by atoms with Crippen molar-refractivity contribution in [2.75, 3.05) is 5.32 Å². The van der Waals surface area contributed by atoms with Crippen LogP contribution in [0.5, 0.6) is 0 Å². The van der Waals surface area contributed by atoms with Crippen LogP contribution < -0.4 is 5.32 Å². The molecule has 2 aromatic rings. The molecule has 108 valence electrons. The lowest BCUT2D eigenvalue weighted by molar-refractivity contribution is -0.385. The SMILES string of the molecule is Cc1ccc(Br)c(NC(=O)c2cc(F)cc([N+](=O)[O-])c2)c1. The van der Waals surface area contributed by atoms with Crippen molar-refractivity contribution in [2.45, 2.75) is 6.92 Å². The van der Waals surface area contributed by atoms with Crippen molar-refractivity contribution in [1.29, 1.82) is 0 Å². The van der Waals surface area contributed by atoms with Gasteiger partial charge in [-0.2, -0.15) is 0 Å². The Kier molecular flexibility index (Phi) is 4.32. The fourth-order valence-corrected chi connectivity index (χ4v) is 2.09. The Bertz CT molecular complexity index is 734. The molecule has 0 aliphatic carbocycles. The zero-order valence-corrected chi connectivity index (χ0v) is 12.5. The maximum absolute atomic E-state index is 13.3. The van der Waals surface area contributed by atoms with E-state index in [1.807, 2.05) is 13.0 Å². The number of hydrogen-bond acceptors (Lipinski definition) is 3. The van der Waals surface area contributed by atoms with Gasteiger partial charge in [0.15, 0.2) is 0 Å². The van der Waals surface area contributed by atoms with Crippen LogP contribution in [-0.2, 0) is 0 Å². The van der Waals surface area contributed by atoms with E-state index in [0.717, 1.165) is 23.8 Å². The summed E-state index contributed by atoms with van der Waals surface area (Å²) in [5.74, 6) is -1.46. The highest BCUT2D eigenvalue weighted by molar-refractivity contribution is 9.10. The van der Waals surface area contributed by atoms with Crippen molar-refractivity contribution >= 4 is 33.2 Å². The monoisotopic (exact) mass is 352 g/mol. The zero-order valence-electron chi connectivity index (χ0n) is 10.9. The van der Waals surface area contributed by atoms with Crippen LogP contribution in [0.3, 0.4) is 0 Å². The number of aryl methyl sites for hydroxylation is 1. The number of nitro groups is 1. The fraction of sp³-hybridized carbons (Fsp3) is 0.0714. The number of non-ortho nitro benzene ring substituents is 1. The van der Waals surface area contributed by atoms with E-state index in [9.17, 15) is 19.3 Å². The smallest absolute Gasteiger partial charge is 0.273 e. The Morgan fingerprint density at radius 1 is 1.29 bits per heavy atom. The molecule has 0 radical (unpaired) electrons. The number of halogens is 2. The summed E-state index contributed by atoms with van der Waals surface area (Å²) >= 11 is 3.29. The average Bonchev–Trinajstić information content (AvgIpc) is 2.42. The fourth-order valence-electron chi connectivity index (χ4n) is 1.74. The van der Waals surface area contributed by atoms with Crippen LogP contribution in [0.1, 0.15) is 15.9 Å². The van der Waals surface area contributed by atoms with Gasteiger partial charge in [0.25, 0.3) is 11.6 Å². The van der Waals surface area contributed by atoms with Gasteiger partial charge in [0.1, 0.15) is 5.82 Å². The first kappa shape index (κ1) is 15.1. The lowest BCUT2D eigenvalue weighted by Crippen LogP contribution is -2.13. The second-order valence-corrected chi connectivity index (χ2v) is 5.25. The minimum absolute atomic E-state index is 0.116. The largest absolute Gasteiger partial charge is 0.321 e. The molecule has 0 atom stereocenters. The molecule has 0 unspecified atom stereocenters. The third-order valence-corrected chi connectivity index (χ3v) is 3.42. The Morgan fingerprint density at radius 3 is 2.67 bits per heavy atom. The van der Waals surface area contributed by atoms with E-state index in [1.54, 1.807) is 12.1 Å². The van der Waals surface area contributed by atoms with Crippen molar-refractivity contribution in [1.82, 2.24) is 0 Å². The Hall–Kier alpha value is -2.28. The molecule has 0 aliphatic rings. The highest BCUT2D eigenvalue weighted by atomic mass is 79.9. The molecular formula is C14H10BrFN2O3. The number of nitrogens with one attached hydrogen (secondary N) is 1. The molecule has 0 aromatic heterocycles. The van der Waals surface area contributed by atoms with Crippen molar-refractivity contribution in [2.24, 2.45) is 0 Å². The minimum atomic E-state index is -0.836. The topological polar surface area (TPSA) is 72.2 Å². The van der Waals surface area contributed by atoms with Crippen molar-refractivity contribution in [3.63, 3.8) is 0 Å². The minimum Gasteiger partial charge on any atom is -0.321 e. The number of nitrogens with zero attached hydrogens (tertiary/aromatic N) is 1. The molecule has 0 saturated heterocycles. The summed E-state index contributed by atoms with van der Waals surface area (Å²) in [5, 5.41) is 13.3. The van der Waals surface area contributed by atoms with Crippen molar-refractivity contribution in [3.05, 3.63) is 67.9 Å². The molecule has 2 aromatic carbocycles.